The second-order valence-electron chi connectivity index (χ2n) is 5.97. The Kier molecular flexibility index (Phi) is 6.96. The number of thioether (sulfide) groups is 1. The molecule has 0 spiro atoms. The minimum Gasteiger partial charge on any atom is -0.449 e. The lowest BCUT2D eigenvalue weighted by Crippen LogP contribution is -2.41. The molecule has 1 saturated carbocycles. The van der Waals surface area contributed by atoms with Gasteiger partial charge in [0, 0.05) is 10.9 Å². The Balaban J connectivity index is 1.85. The van der Waals surface area contributed by atoms with E-state index < -0.39 is 12.1 Å². The number of hydrogen-bond donors (Lipinski definition) is 1. The maximum Gasteiger partial charge on any atom is 0.338 e. The summed E-state index contributed by atoms with van der Waals surface area (Å²) in [7, 11) is 0. The largest absolute Gasteiger partial charge is 0.449 e. The molecule has 1 aromatic rings. The van der Waals surface area contributed by atoms with E-state index in [1.54, 1.807) is 30.8 Å². The third-order valence-corrected chi connectivity index (χ3v) is 4.92. The fourth-order valence-electron chi connectivity index (χ4n) is 2.75. The molecule has 1 N–H and O–H groups in total. The highest BCUT2D eigenvalue weighted by molar-refractivity contribution is 7.98. The van der Waals surface area contributed by atoms with Gasteiger partial charge >= 0.3 is 5.97 Å². The smallest absolute Gasteiger partial charge is 0.338 e. The van der Waals surface area contributed by atoms with Gasteiger partial charge < -0.3 is 10.1 Å². The molecule has 0 aliphatic heterocycles. The molecule has 23 heavy (non-hydrogen) atoms. The second-order valence-corrected chi connectivity index (χ2v) is 6.85. The lowest BCUT2D eigenvalue weighted by atomic mass is 10.1. The van der Waals surface area contributed by atoms with Gasteiger partial charge in [-0.05, 0) is 50.3 Å². The summed E-state index contributed by atoms with van der Waals surface area (Å²) in [5.41, 5.74) is 0.469. The van der Waals surface area contributed by atoms with Crippen molar-refractivity contribution in [3.63, 3.8) is 0 Å². The van der Waals surface area contributed by atoms with E-state index in [0.29, 0.717) is 5.56 Å². The first-order valence-corrected chi connectivity index (χ1v) is 9.48. The number of benzene rings is 1. The van der Waals surface area contributed by atoms with Crippen molar-refractivity contribution < 1.29 is 14.3 Å². The van der Waals surface area contributed by atoms with Gasteiger partial charge in [-0.1, -0.05) is 25.7 Å². The number of rotatable bonds is 5. The Hall–Kier alpha value is -1.49. The van der Waals surface area contributed by atoms with E-state index >= 15 is 0 Å². The fourth-order valence-corrected chi connectivity index (χ4v) is 3.16. The number of carbonyl (C=O) groups excluding carboxylic acids is 2. The molecule has 0 saturated heterocycles. The Morgan fingerprint density at radius 3 is 2.30 bits per heavy atom. The molecule has 1 aliphatic carbocycles. The van der Waals surface area contributed by atoms with E-state index in [1.807, 2.05) is 18.4 Å². The summed E-state index contributed by atoms with van der Waals surface area (Å²) in [5, 5.41) is 3.01. The van der Waals surface area contributed by atoms with Crippen LogP contribution in [-0.2, 0) is 9.53 Å². The van der Waals surface area contributed by atoms with Gasteiger partial charge in [0.25, 0.3) is 5.91 Å². The molecule has 0 radical (unpaired) electrons. The average molecular weight is 335 g/mol. The molecule has 1 aliphatic rings. The third kappa shape index (κ3) is 5.57. The highest BCUT2D eigenvalue weighted by atomic mass is 32.2. The molecular weight excluding hydrogens is 310 g/mol. The molecule has 0 aromatic heterocycles. The van der Waals surface area contributed by atoms with Crippen molar-refractivity contribution in [3.05, 3.63) is 29.8 Å². The first kappa shape index (κ1) is 17.9. The number of hydrogen-bond acceptors (Lipinski definition) is 4. The Bertz CT molecular complexity index is 522. The van der Waals surface area contributed by atoms with Crippen LogP contribution in [0.3, 0.4) is 0 Å². The van der Waals surface area contributed by atoms with Gasteiger partial charge in [0.05, 0.1) is 5.56 Å². The van der Waals surface area contributed by atoms with E-state index in [9.17, 15) is 9.59 Å². The van der Waals surface area contributed by atoms with Gasteiger partial charge in [0.2, 0.25) is 0 Å². The SMILES string of the molecule is CSc1ccc(C(=O)O[C@@H](C)C(=O)NC2CCCCCC2)cc1. The predicted molar refractivity (Wildman–Crippen MR) is 92.7 cm³/mol. The molecule has 0 bridgehead atoms. The molecule has 1 fully saturated rings. The first-order valence-electron chi connectivity index (χ1n) is 8.25. The number of ether oxygens (including phenoxy) is 1. The molecule has 1 aromatic carbocycles. The van der Waals surface area contributed by atoms with Crippen molar-refractivity contribution in [2.24, 2.45) is 0 Å². The quantitative estimate of drug-likeness (QED) is 0.505. The van der Waals surface area contributed by atoms with Crippen LogP contribution >= 0.6 is 11.8 Å². The van der Waals surface area contributed by atoms with Crippen LogP contribution in [0.4, 0.5) is 0 Å². The zero-order valence-corrected chi connectivity index (χ0v) is 14.7. The maximum atomic E-state index is 12.2. The number of carbonyl (C=O) groups is 2. The zero-order valence-electron chi connectivity index (χ0n) is 13.8. The molecule has 1 atom stereocenters. The monoisotopic (exact) mass is 335 g/mol. The first-order chi connectivity index (χ1) is 11.1. The Morgan fingerprint density at radius 1 is 1.13 bits per heavy atom. The third-order valence-electron chi connectivity index (χ3n) is 4.18. The van der Waals surface area contributed by atoms with E-state index in [4.69, 9.17) is 4.74 Å². The van der Waals surface area contributed by atoms with E-state index in [2.05, 4.69) is 5.32 Å². The number of nitrogens with one attached hydrogen (secondary N) is 1. The standard InChI is InChI=1S/C18H25NO3S/c1-13(17(20)19-15-7-5-3-4-6-8-15)22-18(21)14-9-11-16(23-2)12-10-14/h9-13,15H,3-8H2,1-2H3,(H,19,20)/t13-/m0/s1. The van der Waals surface area contributed by atoms with Crippen LogP contribution < -0.4 is 5.32 Å². The molecule has 126 valence electrons. The van der Waals surface area contributed by atoms with Gasteiger partial charge in [-0.15, -0.1) is 11.8 Å². The van der Waals surface area contributed by atoms with Crippen LogP contribution in [0.2, 0.25) is 0 Å². The minimum absolute atomic E-state index is 0.203. The molecule has 5 heteroatoms. The van der Waals surface area contributed by atoms with E-state index in [1.165, 1.54) is 12.8 Å². The fraction of sp³-hybridized carbons (Fsp3) is 0.556. The summed E-state index contributed by atoms with van der Waals surface area (Å²) in [4.78, 5) is 25.4. The van der Waals surface area contributed by atoms with Crippen LogP contribution in [0.1, 0.15) is 55.8 Å². The summed E-state index contributed by atoms with van der Waals surface area (Å²) < 4.78 is 5.29. The summed E-state index contributed by atoms with van der Waals surface area (Å²) in [6.07, 6.45) is 8.03. The molecule has 1 amide bonds. The van der Waals surface area contributed by atoms with Gasteiger partial charge in [-0.2, -0.15) is 0 Å². The summed E-state index contributed by atoms with van der Waals surface area (Å²) >= 11 is 1.61. The van der Waals surface area contributed by atoms with Gasteiger partial charge in [0.15, 0.2) is 6.10 Å². The topological polar surface area (TPSA) is 55.4 Å². The average Bonchev–Trinajstić information content (AvgIpc) is 2.83. The van der Waals surface area contributed by atoms with Crippen molar-refractivity contribution in [1.29, 1.82) is 0 Å². The number of amides is 1. The molecule has 2 rings (SSSR count). The van der Waals surface area contributed by atoms with Crippen molar-refractivity contribution in [2.75, 3.05) is 6.26 Å². The predicted octanol–water partition coefficient (Wildman–Crippen LogP) is 3.79. The van der Waals surface area contributed by atoms with Crippen LogP contribution in [0.25, 0.3) is 0 Å². The van der Waals surface area contributed by atoms with E-state index in [-0.39, 0.29) is 11.9 Å². The summed E-state index contributed by atoms with van der Waals surface area (Å²) in [5.74, 6) is -0.660. The molecular formula is C18H25NO3S. The highest BCUT2D eigenvalue weighted by Gasteiger charge is 2.22. The Morgan fingerprint density at radius 2 is 1.74 bits per heavy atom. The van der Waals surface area contributed by atoms with Crippen molar-refractivity contribution in [2.45, 2.75) is 62.5 Å². The van der Waals surface area contributed by atoms with E-state index in [0.717, 1.165) is 30.6 Å². The van der Waals surface area contributed by atoms with Crippen molar-refractivity contribution in [3.8, 4) is 0 Å². The van der Waals surface area contributed by atoms with Crippen LogP contribution in [-0.4, -0.2) is 30.3 Å². The minimum atomic E-state index is -0.772. The molecule has 0 unspecified atom stereocenters. The molecule has 0 heterocycles. The van der Waals surface area contributed by atoms with Crippen LogP contribution in [0.15, 0.2) is 29.2 Å². The normalized spacial score (nSPS) is 17.1. The highest BCUT2D eigenvalue weighted by Crippen LogP contribution is 2.18. The Labute approximate surface area is 142 Å². The summed E-state index contributed by atoms with van der Waals surface area (Å²) in [6, 6.07) is 7.41. The maximum absolute atomic E-state index is 12.2. The lowest BCUT2D eigenvalue weighted by Gasteiger charge is -2.19. The summed E-state index contributed by atoms with van der Waals surface area (Å²) in [6.45, 7) is 1.63. The lowest BCUT2D eigenvalue weighted by molar-refractivity contribution is -0.129. The zero-order chi connectivity index (χ0) is 16.7. The van der Waals surface area contributed by atoms with Gasteiger partial charge in [0.1, 0.15) is 0 Å². The van der Waals surface area contributed by atoms with Crippen molar-refractivity contribution >= 4 is 23.6 Å². The van der Waals surface area contributed by atoms with Crippen molar-refractivity contribution in [1.82, 2.24) is 5.32 Å². The second kappa shape index (κ2) is 8.96. The molecule has 4 nitrogen and oxygen atoms in total. The van der Waals surface area contributed by atoms with Crippen LogP contribution in [0, 0.1) is 0 Å². The van der Waals surface area contributed by atoms with Gasteiger partial charge in [-0.3, -0.25) is 4.79 Å². The number of esters is 1. The van der Waals surface area contributed by atoms with Gasteiger partial charge in [-0.25, -0.2) is 4.79 Å². The van der Waals surface area contributed by atoms with Crippen LogP contribution in [0.5, 0.6) is 0 Å².